The summed E-state index contributed by atoms with van der Waals surface area (Å²) in [5.41, 5.74) is 1.75. The zero-order valence-corrected chi connectivity index (χ0v) is 18.2. The van der Waals surface area contributed by atoms with Gasteiger partial charge in [-0.25, -0.2) is 0 Å². The molecular formula is C22H20ClN5O4. The van der Waals surface area contributed by atoms with E-state index in [-0.39, 0.29) is 12.5 Å². The Labute approximate surface area is 188 Å². The zero-order valence-electron chi connectivity index (χ0n) is 17.4. The lowest BCUT2D eigenvalue weighted by molar-refractivity contribution is 0.0946. The quantitative estimate of drug-likeness (QED) is 0.409. The molecule has 9 nitrogen and oxygen atoms in total. The predicted molar refractivity (Wildman–Crippen MR) is 119 cm³/mol. The van der Waals surface area contributed by atoms with Crippen molar-refractivity contribution in [1.82, 2.24) is 25.1 Å². The first-order valence-corrected chi connectivity index (χ1v) is 10.1. The summed E-state index contributed by atoms with van der Waals surface area (Å²) in [7, 11) is 3.16. The van der Waals surface area contributed by atoms with Crippen molar-refractivity contribution < 1.29 is 19.0 Å². The molecule has 0 bridgehead atoms. The van der Waals surface area contributed by atoms with E-state index in [1.807, 2.05) is 12.1 Å². The minimum absolute atomic E-state index is 0.229. The Morgan fingerprint density at radius 2 is 1.94 bits per heavy atom. The number of fused-ring (bicyclic) bond motifs is 1. The van der Waals surface area contributed by atoms with Crippen LogP contribution in [0.3, 0.4) is 0 Å². The first-order chi connectivity index (χ1) is 15.6. The summed E-state index contributed by atoms with van der Waals surface area (Å²) in [5, 5.41) is 16.1. The highest BCUT2D eigenvalue weighted by Crippen LogP contribution is 2.32. The number of amides is 1. The smallest absolute Gasteiger partial charge is 0.251 e. The SMILES string of the molecule is COc1ccc(-c2nnc3ccc(OCCNC(=O)c4cccc(Cl)c4)nn23)c(OC)c1. The van der Waals surface area contributed by atoms with Crippen molar-refractivity contribution in [1.29, 1.82) is 0 Å². The van der Waals surface area contributed by atoms with Gasteiger partial charge in [0.05, 0.1) is 26.3 Å². The Morgan fingerprint density at radius 1 is 1.06 bits per heavy atom. The monoisotopic (exact) mass is 453 g/mol. The number of nitrogens with zero attached hydrogens (tertiary/aromatic N) is 4. The lowest BCUT2D eigenvalue weighted by Gasteiger charge is -2.10. The molecule has 0 saturated heterocycles. The summed E-state index contributed by atoms with van der Waals surface area (Å²) in [6.07, 6.45) is 0. The number of hydrogen-bond acceptors (Lipinski definition) is 7. The van der Waals surface area contributed by atoms with E-state index in [0.717, 1.165) is 0 Å². The topological polar surface area (TPSA) is 99.9 Å². The maximum Gasteiger partial charge on any atom is 0.251 e. The Bertz CT molecular complexity index is 1260. The molecule has 0 spiro atoms. The second-order valence-corrected chi connectivity index (χ2v) is 7.08. The van der Waals surface area contributed by atoms with Crippen molar-refractivity contribution in [2.45, 2.75) is 0 Å². The molecule has 0 unspecified atom stereocenters. The van der Waals surface area contributed by atoms with Gasteiger partial charge in [0.1, 0.15) is 18.1 Å². The molecule has 32 heavy (non-hydrogen) atoms. The minimum atomic E-state index is -0.229. The van der Waals surface area contributed by atoms with Crippen molar-refractivity contribution in [3.8, 4) is 28.8 Å². The largest absolute Gasteiger partial charge is 0.497 e. The third-order valence-corrected chi connectivity index (χ3v) is 4.85. The molecule has 1 N–H and O–H groups in total. The van der Waals surface area contributed by atoms with E-state index in [0.29, 0.717) is 51.5 Å². The number of ether oxygens (including phenoxy) is 3. The van der Waals surface area contributed by atoms with Gasteiger partial charge >= 0.3 is 0 Å². The molecule has 0 atom stereocenters. The Kier molecular flexibility index (Phi) is 6.37. The van der Waals surface area contributed by atoms with E-state index in [1.165, 1.54) is 0 Å². The van der Waals surface area contributed by atoms with Crippen LogP contribution in [0.1, 0.15) is 10.4 Å². The lowest BCUT2D eigenvalue weighted by Crippen LogP contribution is -2.28. The fourth-order valence-corrected chi connectivity index (χ4v) is 3.24. The molecule has 1 amide bonds. The van der Waals surface area contributed by atoms with E-state index in [1.54, 1.807) is 61.2 Å². The van der Waals surface area contributed by atoms with Crippen molar-refractivity contribution in [3.63, 3.8) is 0 Å². The number of methoxy groups -OCH3 is 2. The number of nitrogens with one attached hydrogen (secondary N) is 1. The molecule has 164 valence electrons. The maximum absolute atomic E-state index is 12.2. The maximum atomic E-state index is 12.2. The zero-order chi connectivity index (χ0) is 22.5. The highest BCUT2D eigenvalue weighted by molar-refractivity contribution is 6.30. The third-order valence-electron chi connectivity index (χ3n) is 4.61. The van der Waals surface area contributed by atoms with Gasteiger partial charge in [-0.2, -0.15) is 4.52 Å². The second kappa shape index (κ2) is 9.52. The van der Waals surface area contributed by atoms with Crippen molar-refractivity contribution in [3.05, 3.63) is 65.2 Å². The average molecular weight is 454 g/mol. The van der Waals surface area contributed by atoms with Gasteiger partial charge < -0.3 is 19.5 Å². The number of rotatable bonds is 8. The summed E-state index contributed by atoms with van der Waals surface area (Å²) >= 11 is 5.92. The number of hydrogen-bond donors (Lipinski definition) is 1. The molecule has 0 fully saturated rings. The van der Waals surface area contributed by atoms with Crippen LogP contribution in [0, 0.1) is 0 Å². The van der Waals surface area contributed by atoms with Crippen LogP contribution in [-0.2, 0) is 0 Å². The minimum Gasteiger partial charge on any atom is -0.497 e. The van der Waals surface area contributed by atoms with Crippen LogP contribution < -0.4 is 19.5 Å². The van der Waals surface area contributed by atoms with E-state index in [4.69, 9.17) is 25.8 Å². The standard InChI is InChI=1S/C22H20ClN5O4/c1-30-16-6-7-17(18(13-16)31-2)21-26-25-19-8-9-20(27-28(19)21)32-11-10-24-22(29)14-4-3-5-15(23)12-14/h3-9,12-13H,10-11H2,1-2H3,(H,24,29). The van der Waals surface area contributed by atoms with Crippen molar-refractivity contribution in [2.75, 3.05) is 27.4 Å². The number of carbonyl (C=O) groups is 1. The predicted octanol–water partition coefficient (Wildman–Crippen LogP) is 3.27. The van der Waals surface area contributed by atoms with Gasteiger partial charge in [-0.05, 0) is 36.4 Å². The summed E-state index contributed by atoms with van der Waals surface area (Å²) in [6.45, 7) is 0.528. The van der Waals surface area contributed by atoms with Crippen molar-refractivity contribution in [2.24, 2.45) is 0 Å². The molecule has 0 saturated carbocycles. The molecule has 2 aromatic heterocycles. The Hall–Kier alpha value is -3.85. The molecule has 0 aliphatic rings. The van der Waals surface area contributed by atoms with E-state index in [2.05, 4.69) is 20.6 Å². The normalized spacial score (nSPS) is 10.7. The molecule has 4 aromatic rings. The van der Waals surface area contributed by atoms with E-state index in [9.17, 15) is 4.79 Å². The van der Waals surface area contributed by atoms with Gasteiger partial charge in [0.2, 0.25) is 5.88 Å². The van der Waals surface area contributed by atoms with Gasteiger partial charge in [0.25, 0.3) is 5.91 Å². The lowest BCUT2D eigenvalue weighted by atomic mass is 10.2. The van der Waals surface area contributed by atoms with E-state index < -0.39 is 0 Å². The molecule has 10 heteroatoms. The number of aromatic nitrogens is 4. The summed E-state index contributed by atoms with van der Waals surface area (Å²) in [4.78, 5) is 12.2. The van der Waals surface area contributed by atoms with Gasteiger partial charge in [-0.3, -0.25) is 4.79 Å². The van der Waals surface area contributed by atoms with Crippen LogP contribution in [0.2, 0.25) is 5.02 Å². The van der Waals surface area contributed by atoms with Crippen LogP contribution in [0.5, 0.6) is 17.4 Å². The van der Waals surface area contributed by atoms with Crippen LogP contribution in [0.4, 0.5) is 0 Å². The number of carbonyl (C=O) groups excluding carboxylic acids is 1. The van der Waals surface area contributed by atoms with E-state index >= 15 is 0 Å². The molecule has 0 aliphatic heterocycles. The molecule has 0 radical (unpaired) electrons. The molecule has 4 rings (SSSR count). The molecule has 0 aliphatic carbocycles. The first-order valence-electron chi connectivity index (χ1n) is 9.70. The number of benzene rings is 2. The summed E-state index contributed by atoms with van der Waals surface area (Å²) < 4.78 is 18.0. The number of halogens is 1. The summed E-state index contributed by atoms with van der Waals surface area (Å²) in [6, 6.07) is 15.6. The van der Waals surface area contributed by atoms with Crippen LogP contribution in [0.25, 0.3) is 17.0 Å². The fraction of sp³-hybridized carbons (Fsp3) is 0.182. The van der Waals surface area contributed by atoms with Gasteiger partial charge in [-0.15, -0.1) is 15.3 Å². The summed E-state index contributed by atoms with van der Waals surface area (Å²) in [5.74, 6) is 1.88. The van der Waals surface area contributed by atoms with Crippen LogP contribution in [-0.4, -0.2) is 53.1 Å². The van der Waals surface area contributed by atoms with Gasteiger partial charge in [0, 0.05) is 22.7 Å². The molecule has 2 heterocycles. The Morgan fingerprint density at radius 3 is 2.72 bits per heavy atom. The molecule has 2 aromatic carbocycles. The van der Waals surface area contributed by atoms with Crippen LogP contribution in [0.15, 0.2) is 54.6 Å². The van der Waals surface area contributed by atoms with Gasteiger partial charge in [-0.1, -0.05) is 17.7 Å². The van der Waals surface area contributed by atoms with Crippen LogP contribution >= 0.6 is 11.6 Å². The highest BCUT2D eigenvalue weighted by atomic mass is 35.5. The Balaban J connectivity index is 1.46. The fourth-order valence-electron chi connectivity index (χ4n) is 3.05. The first kappa shape index (κ1) is 21.4. The highest BCUT2D eigenvalue weighted by Gasteiger charge is 2.16. The average Bonchev–Trinajstić information content (AvgIpc) is 3.24. The second-order valence-electron chi connectivity index (χ2n) is 6.65. The molecular weight excluding hydrogens is 434 g/mol. The van der Waals surface area contributed by atoms with Gasteiger partial charge in [0.15, 0.2) is 11.5 Å². The van der Waals surface area contributed by atoms with Crippen molar-refractivity contribution >= 4 is 23.2 Å². The third kappa shape index (κ3) is 4.57.